The summed E-state index contributed by atoms with van der Waals surface area (Å²) in [7, 11) is 0. The normalized spacial score (nSPS) is 11.3. The van der Waals surface area contributed by atoms with Crippen LogP contribution >= 0.6 is 23.4 Å². The van der Waals surface area contributed by atoms with Gasteiger partial charge in [-0.15, -0.1) is 0 Å². The van der Waals surface area contributed by atoms with Gasteiger partial charge in [-0.1, -0.05) is 108 Å². The Labute approximate surface area is 256 Å². The molecule has 0 aliphatic heterocycles. The van der Waals surface area contributed by atoms with Gasteiger partial charge in [-0.25, -0.2) is 9.78 Å². The number of imidazole rings is 1. The van der Waals surface area contributed by atoms with E-state index < -0.39 is 5.63 Å². The van der Waals surface area contributed by atoms with Gasteiger partial charge in [0, 0.05) is 27.9 Å². The number of carbonyl (C=O) groups excluding carboxylic acids is 1. The highest BCUT2D eigenvalue weighted by molar-refractivity contribution is 7.99. The fourth-order valence-corrected chi connectivity index (χ4v) is 6.13. The van der Waals surface area contributed by atoms with Crippen molar-refractivity contribution in [3.05, 3.63) is 149 Å². The molecule has 0 aliphatic carbocycles. The third-order valence-corrected chi connectivity index (χ3v) is 8.55. The second kappa shape index (κ2) is 11.4. The maximum absolute atomic E-state index is 13.4. The highest BCUT2D eigenvalue weighted by Gasteiger charge is 2.19. The van der Waals surface area contributed by atoms with Crippen molar-refractivity contribution in [3.63, 3.8) is 0 Å². The number of thioether (sulfide) groups is 1. The largest absolute Gasteiger partial charge is 0.422 e. The molecule has 43 heavy (non-hydrogen) atoms. The summed E-state index contributed by atoms with van der Waals surface area (Å²) in [4.78, 5) is 31.2. The molecule has 7 rings (SSSR count). The molecule has 0 atom stereocenters. The highest BCUT2D eigenvalue weighted by atomic mass is 35.5. The number of carbonyl (C=O) groups is 1. The lowest BCUT2D eigenvalue weighted by Crippen LogP contribution is -2.16. The quantitative estimate of drug-likeness (QED) is 0.0792. The Hall–Kier alpha value is -4.91. The van der Waals surface area contributed by atoms with Crippen molar-refractivity contribution in [2.45, 2.75) is 5.16 Å². The molecule has 0 bridgehead atoms. The molecule has 0 aliphatic rings. The molecular formula is C36H23ClN2O3S. The van der Waals surface area contributed by atoms with Crippen LogP contribution in [0.25, 0.3) is 49.8 Å². The molecule has 2 aromatic heterocycles. The topological polar surface area (TPSA) is 65.1 Å². The maximum atomic E-state index is 13.4. The van der Waals surface area contributed by atoms with Crippen LogP contribution in [0.3, 0.4) is 0 Å². The first kappa shape index (κ1) is 27.0. The predicted molar refractivity (Wildman–Crippen MR) is 174 cm³/mol. The number of Topliss-reactive ketones (excluding diaryl/α,β-unsaturated/α-hetero) is 1. The van der Waals surface area contributed by atoms with Crippen molar-refractivity contribution >= 4 is 50.9 Å². The second-order valence-electron chi connectivity index (χ2n) is 10.1. The zero-order valence-electron chi connectivity index (χ0n) is 22.7. The van der Waals surface area contributed by atoms with Crippen LogP contribution in [0.2, 0.25) is 5.02 Å². The number of fused-ring (bicyclic) bond motifs is 3. The number of aromatic nitrogens is 2. The van der Waals surface area contributed by atoms with Gasteiger partial charge in [0.1, 0.15) is 11.1 Å². The Bertz CT molecular complexity index is 2170. The van der Waals surface area contributed by atoms with Gasteiger partial charge >= 0.3 is 5.63 Å². The fourth-order valence-electron chi connectivity index (χ4n) is 5.13. The van der Waals surface area contributed by atoms with E-state index in [1.165, 1.54) is 11.8 Å². The van der Waals surface area contributed by atoms with Crippen molar-refractivity contribution < 1.29 is 9.21 Å². The third-order valence-electron chi connectivity index (χ3n) is 7.34. The second-order valence-corrected chi connectivity index (χ2v) is 11.4. The van der Waals surface area contributed by atoms with E-state index in [0.717, 1.165) is 44.2 Å². The molecule has 0 unspecified atom stereocenters. The first-order chi connectivity index (χ1) is 21.0. The van der Waals surface area contributed by atoms with E-state index in [9.17, 15) is 9.59 Å². The van der Waals surface area contributed by atoms with Gasteiger partial charge < -0.3 is 4.42 Å². The maximum Gasteiger partial charge on any atom is 0.347 e. The van der Waals surface area contributed by atoms with Gasteiger partial charge in [-0.3, -0.25) is 9.36 Å². The number of nitrogens with zero attached hydrogens (tertiary/aromatic N) is 2. The fraction of sp³-hybridized carbons (Fsp3) is 0.0278. The molecule has 7 aromatic rings. The van der Waals surface area contributed by atoms with Crippen LogP contribution in [0, 0.1) is 0 Å². The molecule has 5 nitrogen and oxygen atoms in total. The molecule has 0 radical (unpaired) electrons. The van der Waals surface area contributed by atoms with Crippen LogP contribution < -0.4 is 5.63 Å². The minimum absolute atomic E-state index is 0.0119. The summed E-state index contributed by atoms with van der Waals surface area (Å²) in [5, 5.41) is 3.90. The van der Waals surface area contributed by atoms with Gasteiger partial charge in [0.25, 0.3) is 0 Å². The molecule has 0 spiro atoms. The predicted octanol–water partition coefficient (Wildman–Crippen LogP) is 9.09. The van der Waals surface area contributed by atoms with Gasteiger partial charge in [-0.05, 0) is 58.3 Å². The number of rotatable bonds is 7. The average molecular weight is 599 g/mol. The molecule has 208 valence electrons. The van der Waals surface area contributed by atoms with E-state index in [4.69, 9.17) is 21.0 Å². The Morgan fingerprint density at radius 2 is 1.47 bits per heavy atom. The van der Waals surface area contributed by atoms with E-state index in [2.05, 4.69) is 24.3 Å². The van der Waals surface area contributed by atoms with Gasteiger partial charge in [0.05, 0.1) is 11.4 Å². The SMILES string of the molecule is O=C(CSc1nc(-c2ccc(-c3ccccc3)cc2)cn1-c1ccc(Cl)cc1)c1cc2c(ccc3ccccc32)oc1=O. The van der Waals surface area contributed by atoms with Crippen molar-refractivity contribution in [1.29, 1.82) is 0 Å². The number of benzene rings is 5. The Balaban J connectivity index is 1.21. The molecule has 0 saturated carbocycles. The van der Waals surface area contributed by atoms with Gasteiger partial charge in [0.2, 0.25) is 0 Å². The monoisotopic (exact) mass is 598 g/mol. The number of hydrogen-bond donors (Lipinski definition) is 0. The number of halogens is 1. The van der Waals surface area contributed by atoms with Crippen LogP contribution in [-0.4, -0.2) is 21.1 Å². The minimum Gasteiger partial charge on any atom is -0.422 e. The zero-order valence-corrected chi connectivity index (χ0v) is 24.3. The Morgan fingerprint density at radius 3 is 2.26 bits per heavy atom. The lowest BCUT2D eigenvalue weighted by molar-refractivity contribution is 0.101. The minimum atomic E-state index is -0.645. The summed E-state index contributed by atoms with van der Waals surface area (Å²) in [6, 6.07) is 39.0. The summed E-state index contributed by atoms with van der Waals surface area (Å²) in [5.41, 5.74) is 4.66. The van der Waals surface area contributed by atoms with Gasteiger partial charge in [-0.2, -0.15) is 0 Å². The van der Waals surface area contributed by atoms with Crippen molar-refractivity contribution in [1.82, 2.24) is 9.55 Å². The van der Waals surface area contributed by atoms with E-state index in [1.807, 2.05) is 95.7 Å². The molecule has 2 heterocycles. The average Bonchev–Trinajstić information content (AvgIpc) is 3.48. The highest BCUT2D eigenvalue weighted by Crippen LogP contribution is 2.31. The van der Waals surface area contributed by atoms with E-state index in [1.54, 1.807) is 12.1 Å². The van der Waals surface area contributed by atoms with Crippen molar-refractivity contribution in [3.8, 4) is 28.1 Å². The first-order valence-corrected chi connectivity index (χ1v) is 15.0. The summed E-state index contributed by atoms with van der Waals surface area (Å²) >= 11 is 7.43. The zero-order chi connectivity index (χ0) is 29.3. The smallest absolute Gasteiger partial charge is 0.347 e. The van der Waals surface area contributed by atoms with Crippen LogP contribution in [0.5, 0.6) is 0 Å². The lowest BCUT2D eigenvalue weighted by atomic mass is 10.0. The van der Waals surface area contributed by atoms with E-state index >= 15 is 0 Å². The van der Waals surface area contributed by atoms with E-state index in [-0.39, 0.29) is 17.1 Å². The number of hydrogen-bond acceptors (Lipinski definition) is 5. The van der Waals surface area contributed by atoms with E-state index in [0.29, 0.717) is 15.8 Å². The summed E-state index contributed by atoms with van der Waals surface area (Å²) in [6.45, 7) is 0. The standard InChI is InChI=1S/C36H23ClN2O3S/c37-27-15-17-28(18-16-27)39-21-32(26-12-10-24(11-13-26)23-6-2-1-3-7-23)38-36(39)43-22-33(40)31-20-30-29-9-5-4-8-25(29)14-19-34(30)42-35(31)41/h1-21H,22H2. The molecule has 0 fully saturated rings. The van der Waals surface area contributed by atoms with Crippen LogP contribution in [0.4, 0.5) is 0 Å². The molecule has 0 amide bonds. The molecule has 0 N–H and O–H groups in total. The Kier molecular flexibility index (Phi) is 7.15. The van der Waals surface area contributed by atoms with Crippen LogP contribution in [-0.2, 0) is 0 Å². The van der Waals surface area contributed by atoms with Gasteiger partial charge in [0.15, 0.2) is 10.9 Å². The first-order valence-electron chi connectivity index (χ1n) is 13.7. The molecule has 0 saturated heterocycles. The third kappa shape index (κ3) is 5.39. The van der Waals surface area contributed by atoms with Crippen LogP contribution in [0.1, 0.15) is 10.4 Å². The van der Waals surface area contributed by atoms with Crippen LogP contribution in [0.15, 0.2) is 142 Å². The Morgan fingerprint density at radius 1 is 0.767 bits per heavy atom. The summed E-state index contributed by atoms with van der Waals surface area (Å²) < 4.78 is 7.50. The van der Waals surface area contributed by atoms with Crippen molar-refractivity contribution in [2.24, 2.45) is 0 Å². The lowest BCUT2D eigenvalue weighted by Gasteiger charge is -2.08. The molecule has 7 heteroatoms. The number of ketones is 1. The molecule has 5 aromatic carbocycles. The van der Waals surface area contributed by atoms with Crippen molar-refractivity contribution in [2.75, 3.05) is 5.75 Å². The summed E-state index contributed by atoms with van der Waals surface area (Å²) in [5.74, 6) is -0.314. The molecular weight excluding hydrogens is 576 g/mol. The summed E-state index contributed by atoms with van der Waals surface area (Å²) in [6.07, 6.45) is 1.95.